The number of hydrogen-bond donors (Lipinski definition) is 1. The topological polar surface area (TPSA) is 76.5 Å². The van der Waals surface area contributed by atoms with Crippen molar-refractivity contribution in [3.63, 3.8) is 0 Å². The number of methoxy groups -OCH3 is 1. The molecule has 0 radical (unpaired) electrons. The van der Waals surface area contributed by atoms with Gasteiger partial charge in [-0.3, -0.25) is 9.59 Å². The molecule has 2 aliphatic rings. The van der Waals surface area contributed by atoms with Gasteiger partial charge in [-0.2, -0.15) is 5.10 Å². The Kier molecular flexibility index (Phi) is 7.12. The van der Waals surface area contributed by atoms with Crippen LogP contribution in [-0.4, -0.2) is 40.1 Å². The maximum Gasteiger partial charge on any atom is 0.231 e. The predicted octanol–water partition coefficient (Wildman–Crippen LogP) is 4.73. The van der Waals surface area contributed by atoms with E-state index in [9.17, 15) is 9.59 Å². The molecule has 1 aromatic heterocycles. The van der Waals surface area contributed by atoms with E-state index in [0.29, 0.717) is 25.4 Å². The summed E-state index contributed by atoms with van der Waals surface area (Å²) in [6, 6.07) is 9.70. The number of aromatic nitrogens is 2. The molecule has 2 atom stereocenters. The Morgan fingerprint density at radius 1 is 1.16 bits per heavy atom. The molecule has 32 heavy (non-hydrogen) atoms. The first kappa shape index (κ1) is 22.4. The van der Waals surface area contributed by atoms with Gasteiger partial charge in [0.15, 0.2) is 0 Å². The average Bonchev–Trinajstić information content (AvgIpc) is 3.50. The lowest BCUT2D eigenvalue weighted by Crippen LogP contribution is -2.47. The fourth-order valence-corrected chi connectivity index (χ4v) is 5.10. The van der Waals surface area contributed by atoms with Crippen LogP contribution in [0.5, 0.6) is 5.75 Å². The van der Waals surface area contributed by atoms with Crippen molar-refractivity contribution in [1.82, 2.24) is 14.7 Å². The number of hydrogen-bond acceptors (Lipinski definition) is 4. The Morgan fingerprint density at radius 3 is 2.59 bits per heavy atom. The number of carbonyl (C=O) groups is 2. The van der Waals surface area contributed by atoms with Crippen LogP contribution in [0.3, 0.4) is 0 Å². The Labute approximate surface area is 190 Å². The van der Waals surface area contributed by atoms with Gasteiger partial charge in [0.25, 0.3) is 0 Å². The Balaban J connectivity index is 1.60. The molecule has 2 amide bonds. The number of piperidine rings is 1. The van der Waals surface area contributed by atoms with Gasteiger partial charge in [0.2, 0.25) is 11.8 Å². The van der Waals surface area contributed by atoms with E-state index >= 15 is 0 Å². The molecule has 1 saturated heterocycles. The monoisotopic (exact) mass is 438 g/mol. The lowest BCUT2D eigenvalue weighted by molar-refractivity contribution is -0.142. The molecule has 2 aromatic rings. The standard InChI is InChI=1S/C25H34N4O3/c1-3-4-17-28-23(30)14-13-21(24(28)18-9-11-20(32-2)12-10-18)25(31)27-22-15-16-26-29(22)19-7-5-6-8-19/h9-12,15-16,19,21,24H,3-8,13-14,17H2,1-2H3,(H,27,31). The molecular formula is C25H34N4O3. The van der Waals surface area contributed by atoms with Gasteiger partial charge in [0.05, 0.1) is 31.3 Å². The minimum absolute atomic E-state index is 0.0421. The Morgan fingerprint density at radius 2 is 1.91 bits per heavy atom. The molecule has 172 valence electrons. The number of benzene rings is 1. The summed E-state index contributed by atoms with van der Waals surface area (Å²) < 4.78 is 7.27. The minimum atomic E-state index is -0.315. The first-order chi connectivity index (χ1) is 15.6. The van der Waals surface area contributed by atoms with Crippen LogP contribution in [0.4, 0.5) is 5.82 Å². The zero-order valence-electron chi connectivity index (χ0n) is 19.1. The van der Waals surface area contributed by atoms with Crippen LogP contribution in [0.2, 0.25) is 0 Å². The van der Waals surface area contributed by atoms with Crippen LogP contribution < -0.4 is 10.1 Å². The molecule has 1 aliphatic carbocycles. The third-order valence-electron chi connectivity index (χ3n) is 6.85. The molecule has 0 bridgehead atoms. The maximum atomic E-state index is 13.6. The van der Waals surface area contributed by atoms with Gasteiger partial charge in [-0.05, 0) is 43.4 Å². The van der Waals surface area contributed by atoms with Crippen molar-refractivity contribution < 1.29 is 14.3 Å². The van der Waals surface area contributed by atoms with Gasteiger partial charge in [0.1, 0.15) is 11.6 Å². The van der Waals surface area contributed by atoms with E-state index in [1.54, 1.807) is 13.3 Å². The van der Waals surface area contributed by atoms with Crippen molar-refractivity contribution in [2.45, 2.75) is 70.4 Å². The summed E-state index contributed by atoms with van der Waals surface area (Å²) >= 11 is 0. The number of nitrogens with one attached hydrogen (secondary N) is 1. The summed E-state index contributed by atoms with van der Waals surface area (Å²) in [5, 5.41) is 7.63. The van der Waals surface area contributed by atoms with E-state index in [1.807, 2.05) is 39.9 Å². The third kappa shape index (κ3) is 4.66. The quantitative estimate of drug-likeness (QED) is 0.647. The SMILES string of the molecule is CCCCN1C(=O)CCC(C(=O)Nc2ccnn2C2CCCC2)C1c1ccc(OC)cc1. The van der Waals surface area contributed by atoms with Crippen molar-refractivity contribution in [3.8, 4) is 5.75 Å². The molecule has 7 heteroatoms. The highest BCUT2D eigenvalue weighted by molar-refractivity contribution is 5.94. The average molecular weight is 439 g/mol. The van der Waals surface area contributed by atoms with Crippen molar-refractivity contribution in [2.24, 2.45) is 5.92 Å². The number of amides is 2. The number of rotatable bonds is 8. The molecule has 4 rings (SSSR count). The number of ether oxygens (including phenoxy) is 1. The molecule has 1 saturated carbocycles. The largest absolute Gasteiger partial charge is 0.497 e. The third-order valence-corrected chi connectivity index (χ3v) is 6.85. The van der Waals surface area contributed by atoms with Gasteiger partial charge in [-0.1, -0.05) is 38.3 Å². The van der Waals surface area contributed by atoms with Crippen molar-refractivity contribution >= 4 is 17.6 Å². The van der Waals surface area contributed by atoms with E-state index in [2.05, 4.69) is 17.3 Å². The molecule has 7 nitrogen and oxygen atoms in total. The second-order valence-corrected chi connectivity index (χ2v) is 8.89. The molecule has 2 fully saturated rings. The fourth-order valence-electron chi connectivity index (χ4n) is 5.10. The smallest absolute Gasteiger partial charge is 0.231 e. The fraction of sp³-hybridized carbons (Fsp3) is 0.560. The molecule has 1 aliphatic heterocycles. The van der Waals surface area contributed by atoms with E-state index in [4.69, 9.17) is 4.74 Å². The van der Waals surface area contributed by atoms with E-state index < -0.39 is 0 Å². The zero-order valence-corrected chi connectivity index (χ0v) is 19.1. The molecular weight excluding hydrogens is 404 g/mol. The first-order valence-electron chi connectivity index (χ1n) is 11.9. The predicted molar refractivity (Wildman–Crippen MR) is 123 cm³/mol. The summed E-state index contributed by atoms with van der Waals surface area (Å²) in [6.45, 7) is 2.78. The molecule has 2 unspecified atom stereocenters. The van der Waals surface area contributed by atoms with Crippen LogP contribution in [0.25, 0.3) is 0 Å². The Bertz CT molecular complexity index is 918. The second-order valence-electron chi connectivity index (χ2n) is 8.89. The lowest BCUT2D eigenvalue weighted by Gasteiger charge is -2.41. The molecule has 1 aromatic carbocycles. The van der Waals surface area contributed by atoms with Crippen molar-refractivity contribution in [2.75, 3.05) is 19.0 Å². The van der Waals surface area contributed by atoms with Crippen LogP contribution >= 0.6 is 0 Å². The van der Waals surface area contributed by atoms with Gasteiger partial charge >= 0.3 is 0 Å². The van der Waals surface area contributed by atoms with E-state index in [-0.39, 0.29) is 23.8 Å². The highest BCUT2D eigenvalue weighted by atomic mass is 16.5. The van der Waals surface area contributed by atoms with E-state index in [1.165, 1.54) is 12.8 Å². The van der Waals surface area contributed by atoms with Crippen LogP contribution in [0.15, 0.2) is 36.5 Å². The summed E-state index contributed by atoms with van der Waals surface area (Å²) in [5.41, 5.74) is 0.972. The van der Waals surface area contributed by atoms with E-state index in [0.717, 1.165) is 42.8 Å². The molecule has 1 N–H and O–H groups in total. The van der Waals surface area contributed by atoms with Crippen molar-refractivity contribution in [3.05, 3.63) is 42.1 Å². The van der Waals surface area contributed by atoms with Crippen LogP contribution in [-0.2, 0) is 9.59 Å². The zero-order chi connectivity index (χ0) is 22.5. The highest BCUT2D eigenvalue weighted by Gasteiger charge is 2.40. The summed E-state index contributed by atoms with van der Waals surface area (Å²) in [7, 11) is 1.64. The number of anilines is 1. The van der Waals surface area contributed by atoms with Gasteiger partial charge < -0.3 is 15.0 Å². The summed E-state index contributed by atoms with van der Waals surface area (Å²) in [5.74, 6) is 1.29. The summed E-state index contributed by atoms with van der Waals surface area (Å²) in [4.78, 5) is 28.3. The van der Waals surface area contributed by atoms with Gasteiger partial charge in [-0.25, -0.2) is 4.68 Å². The van der Waals surface area contributed by atoms with Crippen LogP contribution in [0, 0.1) is 5.92 Å². The normalized spacial score (nSPS) is 21.7. The lowest BCUT2D eigenvalue weighted by atomic mass is 9.83. The number of carbonyl (C=O) groups excluding carboxylic acids is 2. The van der Waals surface area contributed by atoms with Gasteiger partial charge in [-0.15, -0.1) is 0 Å². The summed E-state index contributed by atoms with van der Waals surface area (Å²) in [6.07, 6.45) is 9.22. The minimum Gasteiger partial charge on any atom is -0.497 e. The van der Waals surface area contributed by atoms with Crippen molar-refractivity contribution in [1.29, 1.82) is 0 Å². The molecule has 0 spiro atoms. The number of unbranched alkanes of at least 4 members (excludes halogenated alkanes) is 1. The number of likely N-dealkylation sites (tertiary alicyclic amines) is 1. The first-order valence-corrected chi connectivity index (χ1v) is 11.9. The maximum absolute atomic E-state index is 13.6. The van der Waals surface area contributed by atoms with Crippen LogP contribution in [0.1, 0.15) is 75.9 Å². The Hall–Kier alpha value is -2.83. The highest BCUT2D eigenvalue weighted by Crippen LogP contribution is 2.39. The second kappa shape index (κ2) is 10.2. The molecule has 2 heterocycles. The number of nitrogens with zero attached hydrogens (tertiary/aromatic N) is 3. The van der Waals surface area contributed by atoms with Gasteiger partial charge in [0, 0.05) is 19.0 Å².